The average Bonchev–Trinajstić information content (AvgIpc) is 2.36. The SMILES string of the molecule is CNC(=O)c1ccc([N+](=O)[O-])c(NC(C)CC(N)=O)c1. The topological polar surface area (TPSA) is 127 Å². The van der Waals surface area contributed by atoms with E-state index in [1.54, 1.807) is 6.92 Å². The molecule has 0 aliphatic carbocycles. The van der Waals surface area contributed by atoms with Crippen LogP contribution < -0.4 is 16.4 Å². The first-order chi connectivity index (χ1) is 9.35. The summed E-state index contributed by atoms with van der Waals surface area (Å²) in [4.78, 5) is 32.7. The fraction of sp³-hybridized carbons (Fsp3) is 0.333. The fourth-order valence-electron chi connectivity index (χ4n) is 1.71. The van der Waals surface area contributed by atoms with Crippen LogP contribution in [0.4, 0.5) is 11.4 Å². The maximum atomic E-state index is 11.5. The van der Waals surface area contributed by atoms with E-state index in [-0.39, 0.29) is 35.3 Å². The lowest BCUT2D eigenvalue weighted by Gasteiger charge is -2.14. The van der Waals surface area contributed by atoms with Crippen LogP contribution in [0.3, 0.4) is 0 Å². The maximum absolute atomic E-state index is 11.5. The van der Waals surface area contributed by atoms with Gasteiger partial charge in [0.15, 0.2) is 0 Å². The van der Waals surface area contributed by atoms with Crippen LogP contribution in [0.5, 0.6) is 0 Å². The van der Waals surface area contributed by atoms with Gasteiger partial charge >= 0.3 is 0 Å². The van der Waals surface area contributed by atoms with Crippen LogP contribution in [-0.4, -0.2) is 29.8 Å². The molecule has 0 fully saturated rings. The molecule has 8 nitrogen and oxygen atoms in total. The second-order valence-corrected chi connectivity index (χ2v) is 4.28. The average molecular weight is 280 g/mol. The maximum Gasteiger partial charge on any atom is 0.292 e. The van der Waals surface area contributed by atoms with E-state index in [9.17, 15) is 19.7 Å². The van der Waals surface area contributed by atoms with Crippen LogP contribution in [-0.2, 0) is 4.79 Å². The Morgan fingerprint density at radius 3 is 2.60 bits per heavy atom. The summed E-state index contributed by atoms with van der Waals surface area (Å²) in [6.45, 7) is 1.67. The molecule has 0 saturated heterocycles. The van der Waals surface area contributed by atoms with E-state index in [1.165, 1.54) is 25.2 Å². The summed E-state index contributed by atoms with van der Waals surface area (Å²) >= 11 is 0. The van der Waals surface area contributed by atoms with Crippen molar-refractivity contribution in [3.05, 3.63) is 33.9 Å². The van der Waals surface area contributed by atoms with Gasteiger partial charge in [0.05, 0.1) is 4.92 Å². The molecule has 0 aliphatic heterocycles. The molecule has 1 rings (SSSR count). The van der Waals surface area contributed by atoms with E-state index < -0.39 is 10.8 Å². The van der Waals surface area contributed by atoms with Gasteiger partial charge < -0.3 is 16.4 Å². The van der Waals surface area contributed by atoms with Gasteiger partial charge in [-0.1, -0.05) is 0 Å². The largest absolute Gasteiger partial charge is 0.376 e. The Balaban J connectivity index is 3.08. The molecule has 0 heterocycles. The minimum Gasteiger partial charge on any atom is -0.376 e. The predicted molar refractivity (Wildman–Crippen MR) is 73.4 cm³/mol. The third-order valence-electron chi connectivity index (χ3n) is 2.59. The lowest BCUT2D eigenvalue weighted by Crippen LogP contribution is -2.25. The predicted octanol–water partition coefficient (Wildman–Crippen LogP) is 0.630. The standard InChI is InChI=1S/C12H16N4O4/c1-7(5-11(13)17)15-9-6-8(12(18)14-2)3-4-10(9)16(19)20/h3-4,6-7,15H,5H2,1-2H3,(H2,13,17)(H,14,18). The smallest absolute Gasteiger partial charge is 0.292 e. The van der Waals surface area contributed by atoms with Gasteiger partial charge in [0.25, 0.3) is 11.6 Å². The number of primary amides is 1. The molecule has 0 saturated carbocycles. The van der Waals surface area contributed by atoms with Crippen LogP contribution in [0.2, 0.25) is 0 Å². The van der Waals surface area contributed by atoms with Crippen molar-refractivity contribution in [2.45, 2.75) is 19.4 Å². The van der Waals surface area contributed by atoms with Crippen molar-refractivity contribution >= 4 is 23.2 Å². The number of rotatable bonds is 6. The number of carbonyl (C=O) groups is 2. The highest BCUT2D eigenvalue weighted by Crippen LogP contribution is 2.26. The van der Waals surface area contributed by atoms with E-state index in [4.69, 9.17) is 5.73 Å². The van der Waals surface area contributed by atoms with Crippen molar-refractivity contribution in [3.8, 4) is 0 Å². The molecule has 1 unspecified atom stereocenters. The lowest BCUT2D eigenvalue weighted by molar-refractivity contribution is -0.384. The molecule has 4 N–H and O–H groups in total. The zero-order chi connectivity index (χ0) is 15.3. The van der Waals surface area contributed by atoms with Gasteiger partial charge in [-0.3, -0.25) is 19.7 Å². The van der Waals surface area contributed by atoms with Crippen LogP contribution in [0.15, 0.2) is 18.2 Å². The molecule has 2 amide bonds. The van der Waals surface area contributed by atoms with E-state index in [0.29, 0.717) is 0 Å². The van der Waals surface area contributed by atoms with Crippen LogP contribution in [0.1, 0.15) is 23.7 Å². The number of hydrogen-bond donors (Lipinski definition) is 3. The highest BCUT2D eigenvalue weighted by atomic mass is 16.6. The minimum absolute atomic E-state index is 0.0291. The Hall–Kier alpha value is -2.64. The Kier molecular flexibility index (Phi) is 5.01. The number of benzene rings is 1. The van der Waals surface area contributed by atoms with Gasteiger partial charge in [0.1, 0.15) is 5.69 Å². The number of carbonyl (C=O) groups excluding carboxylic acids is 2. The molecule has 8 heteroatoms. The second kappa shape index (κ2) is 6.50. The lowest BCUT2D eigenvalue weighted by atomic mass is 10.1. The number of nitro benzene ring substituents is 1. The molecule has 0 spiro atoms. The number of hydrogen-bond acceptors (Lipinski definition) is 5. The quantitative estimate of drug-likeness (QED) is 0.520. The normalized spacial score (nSPS) is 11.5. The molecule has 0 aromatic heterocycles. The summed E-state index contributed by atoms with van der Waals surface area (Å²) in [6, 6.07) is 3.59. The zero-order valence-corrected chi connectivity index (χ0v) is 11.2. The summed E-state index contributed by atoms with van der Waals surface area (Å²) in [5, 5.41) is 16.2. The minimum atomic E-state index is -0.563. The number of nitrogens with two attached hydrogens (primary N) is 1. The van der Waals surface area contributed by atoms with E-state index in [1.807, 2.05) is 0 Å². The zero-order valence-electron chi connectivity index (χ0n) is 11.2. The molecule has 0 aliphatic rings. The number of amides is 2. The third-order valence-corrected chi connectivity index (χ3v) is 2.59. The Bertz CT molecular complexity index is 544. The monoisotopic (exact) mass is 280 g/mol. The molecule has 1 aromatic rings. The van der Waals surface area contributed by atoms with Crippen molar-refractivity contribution in [2.24, 2.45) is 5.73 Å². The molecule has 1 atom stereocenters. The van der Waals surface area contributed by atoms with Gasteiger partial charge in [0.2, 0.25) is 5.91 Å². The Morgan fingerprint density at radius 1 is 1.45 bits per heavy atom. The Labute approximate surface area is 115 Å². The number of nitrogens with one attached hydrogen (secondary N) is 2. The van der Waals surface area contributed by atoms with Gasteiger partial charge in [-0.15, -0.1) is 0 Å². The van der Waals surface area contributed by atoms with Crippen LogP contribution in [0, 0.1) is 10.1 Å². The van der Waals surface area contributed by atoms with Crippen molar-refractivity contribution in [3.63, 3.8) is 0 Å². The molecular formula is C12H16N4O4. The van der Waals surface area contributed by atoms with Gasteiger partial charge in [-0.25, -0.2) is 0 Å². The first kappa shape index (κ1) is 15.4. The van der Waals surface area contributed by atoms with Crippen LogP contribution in [0.25, 0.3) is 0 Å². The summed E-state index contributed by atoms with van der Waals surface area (Å²) in [5.41, 5.74) is 5.35. The van der Waals surface area contributed by atoms with Crippen molar-refractivity contribution in [2.75, 3.05) is 12.4 Å². The molecule has 0 radical (unpaired) electrons. The molecule has 108 valence electrons. The first-order valence-corrected chi connectivity index (χ1v) is 5.90. The highest BCUT2D eigenvalue weighted by Gasteiger charge is 2.18. The number of nitrogens with zero attached hydrogens (tertiary/aromatic N) is 1. The molecule has 1 aromatic carbocycles. The van der Waals surface area contributed by atoms with Gasteiger partial charge in [-0.2, -0.15) is 0 Å². The summed E-state index contributed by atoms with van der Waals surface area (Å²) in [7, 11) is 1.46. The third kappa shape index (κ3) is 3.94. The highest BCUT2D eigenvalue weighted by molar-refractivity contribution is 5.95. The van der Waals surface area contributed by atoms with Crippen LogP contribution >= 0.6 is 0 Å². The van der Waals surface area contributed by atoms with Gasteiger partial charge in [-0.05, 0) is 19.1 Å². The molecule has 0 bridgehead atoms. The van der Waals surface area contributed by atoms with Crippen molar-refractivity contribution in [1.82, 2.24) is 5.32 Å². The number of anilines is 1. The number of nitro groups is 1. The van der Waals surface area contributed by atoms with Gasteiger partial charge in [0, 0.05) is 31.1 Å². The Morgan fingerprint density at radius 2 is 2.10 bits per heavy atom. The van der Waals surface area contributed by atoms with Crippen molar-refractivity contribution in [1.29, 1.82) is 0 Å². The first-order valence-electron chi connectivity index (χ1n) is 5.90. The summed E-state index contributed by atoms with van der Waals surface area (Å²) in [6.07, 6.45) is 0.0291. The fourth-order valence-corrected chi connectivity index (χ4v) is 1.71. The van der Waals surface area contributed by atoms with E-state index >= 15 is 0 Å². The molecule has 20 heavy (non-hydrogen) atoms. The van der Waals surface area contributed by atoms with E-state index in [2.05, 4.69) is 10.6 Å². The summed E-state index contributed by atoms with van der Waals surface area (Å²) < 4.78 is 0. The van der Waals surface area contributed by atoms with Crippen molar-refractivity contribution < 1.29 is 14.5 Å². The molecular weight excluding hydrogens is 264 g/mol. The summed E-state index contributed by atoms with van der Waals surface area (Å²) in [5.74, 6) is -0.874. The second-order valence-electron chi connectivity index (χ2n) is 4.28. The van der Waals surface area contributed by atoms with E-state index in [0.717, 1.165) is 0 Å².